The Morgan fingerprint density at radius 2 is 0.473 bits per heavy atom. The van der Waals surface area contributed by atoms with Crippen LogP contribution < -0.4 is 9.80 Å². The number of benzene rings is 9. The van der Waals surface area contributed by atoms with Gasteiger partial charge in [0, 0.05) is 68.8 Å². The van der Waals surface area contributed by atoms with Crippen molar-refractivity contribution in [2.24, 2.45) is 0 Å². The highest BCUT2D eigenvalue weighted by molar-refractivity contribution is 5.87. The lowest BCUT2D eigenvalue weighted by molar-refractivity contribution is 1.19. The molecule has 0 fully saturated rings. The number of hydrogen-bond acceptors (Lipinski definition) is 4. The van der Waals surface area contributed by atoms with Gasteiger partial charge in [-0.1, -0.05) is 182 Å². The lowest BCUT2D eigenvalue weighted by atomic mass is 10.0. The molecule has 0 saturated carbocycles. The van der Waals surface area contributed by atoms with Crippen LogP contribution in [0.2, 0.25) is 0 Å². The van der Waals surface area contributed by atoms with E-state index >= 15 is 0 Å². The van der Waals surface area contributed by atoms with Crippen LogP contribution in [0, 0.1) is 0 Å². The van der Waals surface area contributed by atoms with Gasteiger partial charge in [0.2, 0.25) is 0 Å². The van der Waals surface area contributed by atoms with Crippen molar-refractivity contribution in [2.45, 2.75) is 0 Å². The summed E-state index contributed by atoms with van der Waals surface area (Å²) < 4.78 is 4.36. The Morgan fingerprint density at radius 1 is 0.216 bits per heavy atom. The predicted octanol–water partition coefficient (Wildman–Crippen LogP) is 17.9. The maximum absolute atomic E-state index is 5.15. The molecule has 6 nitrogen and oxygen atoms in total. The summed E-state index contributed by atoms with van der Waals surface area (Å²) in [7, 11) is 0. The van der Waals surface area contributed by atoms with Gasteiger partial charge in [-0.2, -0.15) is 0 Å². The molecular weight excluding hydrogens is 901 g/mol. The Bertz CT molecular complexity index is 4000. The first kappa shape index (κ1) is 43.9. The van der Waals surface area contributed by atoms with E-state index < -0.39 is 0 Å². The van der Waals surface area contributed by atoms with Gasteiger partial charge in [-0.3, -0.25) is 8.80 Å². The highest BCUT2D eigenvalue weighted by atomic mass is 15.1. The van der Waals surface area contributed by atoms with Gasteiger partial charge in [0.05, 0.1) is 22.8 Å². The second-order valence-corrected chi connectivity index (χ2v) is 18.3. The minimum absolute atomic E-state index is 0.914. The molecule has 4 aromatic heterocycles. The van der Waals surface area contributed by atoms with Crippen molar-refractivity contribution in [1.29, 1.82) is 0 Å². The zero-order chi connectivity index (χ0) is 49.2. The summed E-state index contributed by atoms with van der Waals surface area (Å²) in [5.74, 6) is 0. The molecule has 0 aliphatic heterocycles. The normalized spacial score (nSPS) is 11.2. The third-order valence-corrected chi connectivity index (χ3v) is 13.8. The van der Waals surface area contributed by atoms with E-state index in [0.717, 1.165) is 102 Å². The summed E-state index contributed by atoms with van der Waals surface area (Å²) in [4.78, 5) is 14.9. The van der Waals surface area contributed by atoms with Crippen LogP contribution in [0.25, 0.3) is 78.6 Å². The van der Waals surface area contributed by atoms with Crippen molar-refractivity contribution in [3.05, 3.63) is 291 Å². The fourth-order valence-corrected chi connectivity index (χ4v) is 10.2. The van der Waals surface area contributed by atoms with Gasteiger partial charge in [0.1, 0.15) is 11.3 Å². The van der Waals surface area contributed by atoms with E-state index in [-0.39, 0.29) is 0 Å². The van der Waals surface area contributed by atoms with E-state index in [1.54, 1.807) is 0 Å². The van der Waals surface area contributed by atoms with E-state index in [2.05, 4.69) is 292 Å². The van der Waals surface area contributed by atoms with Crippen LogP contribution in [-0.4, -0.2) is 18.8 Å². The predicted molar refractivity (Wildman–Crippen MR) is 306 cm³/mol. The van der Waals surface area contributed by atoms with Crippen LogP contribution in [0.5, 0.6) is 0 Å². The van der Waals surface area contributed by atoms with Crippen LogP contribution in [0.4, 0.5) is 34.1 Å². The van der Waals surface area contributed by atoms with Crippen molar-refractivity contribution < 1.29 is 0 Å². The van der Waals surface area contributed by atoms with Gasteiger partial charge in [-0.15, -0.1) is 0 Å². The lowest BCUT2D eigenvalue weighted by Gasteiger charge is -2.26. The van der Waals surface area contributed by atoms with Crippen molar-refractivity contribution in [3.8, 4) is 67.3 Å². The molecule has 13 rings (SSSR count). The monoisotopic (exact) mass is 948 g/mol. The number of fused-ring (bicyclic) bond motifs is 2. The molecule has 74 heavy (non-hydrogen) atoms. The largest absolute Gasteiger partial charge is 0.311 e. The van der Waals surface area contributed by atoms with Crippen LogP contribution in [0.3, 0.4) is 0 Å². The maximum Gasteiger partial charge on any atom is 0.137 e. The Morgan fingerprint density at radius 3 is 0.865 bits per heavy atom. The molecule has 350 valence electrons. The van der Waals surface area contributed by atoms with Crippen LogP contribution in [-0.2, 0) is 0 Å². The summed E-state index contributed by atoms with van der Waals surface area (Å²) >= 11 is 0. The number of rotatable bonds is 12. The first-order valence-electron chi connectivity index (χ1n) is 25.0. The third kappa shape index (κ3) is 8.36. The molecule has 0 bridgehead atoms. The molecule has 6 heteroatoms. The van der Waals surface area contributed by atoms with Crippen LogP contribution in [0.1, 0.15) is 0 Å². The Hall–Kier alpha value is -10.0. The number of anilines is 6. The summed E-state index contributed by atoms with van der Waals surface area (Å²) in [6, 6.07) is 98.7. The molecule has 0 saturated heterocycles. The first-order valence-corrected chi connectivity index (χ1v) is 25.0. The van der Waals surface area contributed by atoms with Crippen molar-refractivity contribution in [3.63, 3.8) is 0 Å². The van der Waals surface area contributed by atoms with E-state index in [1.807, 2.05) is 18.2 Å². The molecule has 0 atom stereocenters. The smallest absolute Gasteiger partial charge is 0.137 e. The Balaban J connectivity index is 0.820. The van der Waals surface area contributed by atoms with Crippen molar-refractivity contribution in [2.75, 3.05) is 9.80 Å². The van der Waals surface area contributed by atoms with Gasteiger partial charge in [0.15, 0.2) is 0 Å². The molecule has 0 amide bonds. The third-order valence-electron chi connectivity index (χ3n) is 13.8. The van der Waals surface area contributed by atoms with E-state index in [4.69, 9.17) is 9.97 Å². The minimum atomic E-state index is 0.914. The quantitative estimate of drug-likeness (QED) is 0.122. The molecule has 0 radical (unpaired) electrons. The van der Waals surface area contributed by atoms with Crippen molar-refractivity contribution in [1.82, 2.24) is 18.8 Å². The standard InChI is InChI=1S/C68H48N6/c1-5-17-49(18-6-1)50-27-37-59(38-28-50)74(61-43-33-54(34-44-61)66-67(55-21-9-3-10-22-55)71-47-15-13-26-64(71)70-66)60-41-31-52(32-42-60)51-29-39-58(40-30-51)73(57-23-11-4-12-24-57)62-45-35-56(36-46-62)68-65(53-19-7-2-8-20-53)69-63-25-14-16-48-72(63)68/h1-48H. The number of para-hydroxylation sites is 1. The molecule has 4 heterocycles. The second kappa shape index (κ2) is 19.3. The number of pyridine rings is 2. The fourth-order valence-electron chi connectivity index (χ4n) is 10.2. The number of imidazole rings is 2. The van der Waals surface area contributed by atoms with E-state index in [0.29, 0.717) is 0 Å². The van der Waals surface area contributed by atoms with E-state index in [9.17, 15) is 0 Å². The molecule has 0 aliphatic rings. The zero-order valence-corrected chi connectivity index (χ0v) is 40.4. The number of hydrogen-bond donors (Lipinski definition) is 0. The average Bonchev–Trinajstić information content (AvgIpc) is 4.07. The molecule has 0 unspecified atom stereocenters. The highest BCUT2D eigenvalue weighted by Crippen LogP contribution is 2.42. The fraction of sp³-hybridized carbons (Fsp3) is 0. The lowest BCUT2D eigenvalue weighted by Crippen LogP contribution is -2.10. The second-order valence-electron chi connectivity index (χ2n) is 18.3. The van der Waals surface area contributed by atoms with Gasteiger partial charge >= 0.3 is 0 Å². The summed E-state index contributed by atoms with van der Waals surface area (Å²) in [6.45, 7) is 0. The molecule has 0 spiro atoms. The maximum atomic E-state index is 5.15. The highest BCUT2D eigenvalue weighted by Gasteiger charge is 2.20. The molecule has 0 N–H and O–H groups in total. The topological polar surface area (TPSA) is 41.1 Å². The Labute approximate surface area is 430 Å². The Kier molecular flexibility index (Phi) is 11.4. The summed E-state index contributed by atoms with van der Waals surface area (Å²) in [5, 5.41) is 0. The van der Waals surface area contributed by atoms with Gasteiger partial charge in [-0.05, 0) is 119 Å². The van der Waals surface area contributed by atoms with Gasteiger partial charge in [0.25, 0.3) is 0 Å². The van der Waals surface area contributed by atoms with Gasteiger partial charge in [-0.25, -0.2) is 9.97 Å². The van der Waals surface area contributed by atoms with Crippen LogP contribution in [0.15, 0.2) is 291 Å². The minimum Gasteiger partial charge on any atom is -0.311 e. The molecule has 13 aromatic rings. The average molecular weight is 949 g/mol. The zero-order valence-electron chi connectivity index (χ0n) is 40.4. The molecular formula is C68H48N6. The van der Waals surface area contributed by atoms with Gasteiger partial charge < -0.3 is 9.80 Å². The molecule has 9 aromatic carbocycles. The van der Waals surface area contributed by atoms with Crippen molar-refractivity contribution >= 4 is 45.4 Å². The number of nitrogens with zero attached hydrogens (tertiary/aromatic N) is 6. The van der Waals surface area contributed by atoms with E-state index in [1.165, 1.54) is 11.1 Å². The molecule has 0 aliphatic carbocycles. The SMILES string of the molecule is c1ccc(-c2ccc(N(c3ccc(-c4ccc(N(c5ccccc5)c5ccc(-c6c(-c7ccccc7)nc7ccccn67)cc5)cc4)cc3)c3ccc(-c4nc5ccccn5c4-c4ccccc4)cc3)cc2)cc1. The first-order chi connectivity index (χ1) is 36.7. The summed E-state index contributed by atoms with van der Waals surface area (Å²) in [5.41, 5.74) is 21.3. The summed E-state index contributed by atoms with van der Waals surface area (Å²) in [6.07, 6.45) is 4.18. The number of aromatic nitrogens is 4. The van der Waals surface area contributed by atoms with Crippen LogP contribution >= 0.6 is 0 Å².